The SMILES string of the molecule is [2H]C([2H])([2H])[C@@H]1C(=O)NC(C)(C)C1([2H])[2H]. The molecule has 0 aromatic heterocycles. The van der Waals surface area contributed by atoms with Crippen molar-refractivity contribution in [1.82, 2.24) is 5.32 Å². The van der Waals surface area contributed by atoms with Crippen LogP contribution in [-0.4, -0.2) is 11.4 Å². The summed E-state index contributed by atoms with van der Waals surface area (Å²) in [6, 6.07) is 0. The summed E-state index contributed by atoms with van der Waals surface area (Å²) >= 11 is 0. The van der Waals surface area contributed by atoms with E-state index in [9.17, 15) is 4.79 Å². The van der Waals surface area contributed by atoms with E-state index in [1.54, 1.807) is 0 Å². The van der Waals surface area contributed by atoms with Gasteiger partial charge in [0.2, 0.25) is 5.91 Å². The highest BCUT2D eigenvalue weighted by Gasteiger charge is 2.33. The molecule has 0 radical (unpaired) electrons. The lowest BCUT2D eigenvalue weighted by atomic mass is 9.98. The molecule has 1 aliphatic rings. The number of carbonyl (C=O) groups excluding carboxylic acids is 1. The number of hydrogen-bond acceptors (Lipinski definition) is 1. The van der Waals surface area contributed by atoms with E-state index in [-0.39, 0.29) is 0 Å². The van der Waals surface area contributed by atoms with Crippen molar-refractivity contribution in [3.63, 3.8) is 0 Å². The maximum absolute atomic E-state index is 11.3. The molecule has 0 unspecified atom stereocenters. The molecule has 2 nitrogen and oxygen atoms in total. The Hall–Kier alpha value is -0.530. The standard InChI is InChI=1S/C7H13NO/c1-5-4-7(2,3)8-6(5)9/h5H,4H2,1-3H3,(H,8,9)/t5-/m0/s1/i1D3,4D2. The van der Waals surface area contributed by atoms with E-state index in [0.717, 1.165) is 0 Å². The van der Waals surface area contributed by atoms with Gasteiger partial charge in [0.1, 0.15) is 0 Å². The van der Waals surface area contributed by atoms with Crippen molar-refractivity contribution in [3.05, 3.63) is 0 Å². The zero-order valence-electron chi connectivity index (χ0n) is 10.5. The summed E-state index contributed by atoms with van der Waals surface area (Å²) in [5.74, 6) is -2.31. The number of carbonyl (C=O) groups is 1. The molecule has 0 saturated carbocycles. The average molecular weight is 132 g/mol. The predicted octanol–water partition coefficient (Wildman–Crippen LogP) is 0.921. The molecule has 1 aliphatic heterocycles. The molecule has 0 spiro atoms. The first-order valence-electron chi connectivity index (χ1n) is 5.32. The lowest BCUT2D eigenvalue weighted by Crippen LogP contribution is -2.34. The quantitative estimate of drug-likeness (QED) is 0.521. The van der Waals surface area contributed by atoms with Gasteiger partial charge in [0.25, 0.3) is 0 Å². The fourth-order valence-corrected chi connectivity index (χ4v) is 0.843. The van der Waals surface area contributed by atoms with Crippen LogP contribution in [0.15, 0.2) is 0 Å². The topological polar surface area (TPSA) is 29.1 Å². The Morgan fingerprint density at radius 2 is 2.67 bits per heavy atom. The second kappa shape index (κ2) is 1.72. The van der Waals surface area contributed by atoms with E-state index in [1.807, 2.05) is 0 Å². The van der Waals surface area contributed by atoms with Crippen LogP contribution >= 0.6 is 0 Å². The number of amides is 1. The van der Waals surface area contributed by atoms with E-state index in [4.69, 9.17) is 6.85 Å². The lowest BCUT2D eigenvalue weighted by molar-refractivity contribution is -0.122. The van der Waals surface area contributed by atoms with Crippen LogP contribution in [0, 0.1) is 5.92 Å². The first kappa shape index (κ1) is 2.60. The zero-order valence-corrected chi connectivity index (χ0v) is 5.49. The molecule has 0 bridgehead atoms. The van der Waals surface area contributed by atoms with Crippen LogP contribution in [0.4, 0.5) is 0 Å². The van der Waals surface area contributed by atoms with Crippen molar-refractivity contribution in [2.24, 2.45) is 5.92 Å². The zero-order chi connectivity index (χ0) is 11.4. The summed E-state index contributed by atoms with van der Waals surface area (Å²) in [7, 11) is 0. The minimum Gasteiger partial charge on any atom is -0.351 e. The Kier molecular flexibility index (Phi) is 0.499. The highest BCUT2D eigenvalue weighted by atomic mass is 16.2. The third-order valence-corrected chi connectivity index (χ3v) is 1.20. The summed E-state index contributed by atoms with van der Waals surface area (Å²) in [6.45, 7) is 0.370. The van der Waals surface area contributed by atoms with Gasteiger partial charge in [0.05, 0.1) is 0 Å². The highest BCUT2D eigenvalue weighted by molar-refractivity contribution is 5.81. The monoisotopic (exact) mass is 132 g/mol. The number of rotatable bonds is 0. The molecule has 9 heavy (non-hydrogen) atoms. The molecule has 1 amide bonds. The van der Waals surface area contributed by atoms with Crippen LogP contribution in [0.2, 0.25) is 0 Å². The third-order valence-electron chi connectivity index (χ3n) is 1.20. The van der Waals surface area contributed by atoms with Crippen LogP contribution in [0.5, 0.6) is 0 Å². The normalized spacial score (nSPS) is 47.6. The van der Waals surface area contributed by atoms with Gasteiger partial charge < -0.3 is 5.32 Å². The van der Waals surface area contributed by atoms with E-state index in [0.29, 0.717) is 0 Å². The summed E-state index contributed by atoms with van der Waals surface area (Å²) in [5.41, 5.74) is -1.14. The van der Waals surface area contributed by atoms with Crippen molar-refractivity contribution < 1.29 is 11.6 Å². The molecular formula is C7H13NO. The Morgan fingerprint density at radius 1 is 2.00 bits per heavy atom. The third kappa shape index (κ3) is 1.23. The minimum absolute atomic E-state index is 0.736. The van der Waals surface area contributed by atoms with Gasteiger partial charge in [0.15, 0.2) is 0 Å². The molecule has 1 atom stereocenters. The van der Waals surface area contributed by atoms with Gasteiger partial charge in [-0.3, -0.25) is 4.79 Å². The molecule has 0 aromatic carbocycles. The summed E-state index contributed by atoms with van der Waals surface area (Å²) in [4.78, 5) is 11.3. The molecule has 1 saturated heterocycles. The highest BCUT2D eigenvalue weighted by Crippen LogP contribution is 2.23. The van der Waals surface area contributed by atoms with Crippen LogP contribution in [0.1, 0.15) is 33.9 Å². The van der Waals surface area contributed by atoms with Crippen LogP contribution in [0.3, 0.4) is 0 Å². The Labute approximate surface area is 62.7 Å². The molecule has 1 N–H and O–H groups in total. The number of hydrogen-bond donors (Lipinski definition) is 1. The molecule has 52 valence electrons. The second-order valence-electron chi connectivity index (χ2n) is 2.69. The van der Waals surface area contributed by atoms with Crippen molar-refractivity contribution in [2.45, 2.75) is 32.6 Å². The average Bonchev–Trinajstić information content (AvgIpc) is 1.93. The Morgan fingerprint density at radius 3 is 2.89 bits per heavy atom. The van der Waals surface area contributed by atoms with Crippen molar-refractivity contribution in [2.75, 3.05) is 0 Å². The predicted molar refractivity (Wildman–Crippen MR) is 36.0 cm³/mol. The van der Waals surface area contributed by atoms with Gasteiger partial charge in [0, 0.05) is 18.3 Å². The van der Waals surface area contributed by atoms with E-state index >= 15 is 0 Å². The van der Waals surface area contributed by atoms with E-state index < -0.39 is 30.6 Å². The maximum atomic E-state index is 11.3. The van der Waals surface area contributed by atoms with Crippen molar-refractivity contribution >= 4 is 5.91 Å². The van der Waals surface area contributed by atoms with Crippen LogP contribution < -0.4 is 5.32 Å². The van der Waals surface area contributed by atoms with Crippen LogP contribution in [0.25, 0.3) is 0 Å². The van der Waals surface area contributed by atoms with Gasteiger partial charge in [-0.05, 0) is 20.2 Å². The summed E-state index contributed by atoms with van der Waals surface area (Å²) < 4.78 is 36.7. The summed E-state index contributed by atoms with van der Waals surface area (Å²) in [5, 5.41) is 2.37. The minimum atomic E-state index is -2.60. The first-order valence-corrected chi connectivity index (χ1v) is 2.82. The molecule has 1 heterocycles. The fourth-order valence-electron chi connectivity index (χ4n) is 0.843. The van der Waals surface area contributed by atoms with Crippen molar-refractivity contribution in [3.8, 4) is 0 Å². The Bertz CT molecular complexity index is 270. The largest absolute Gasteiger partial charge is 0.351 e. The Balaban J connectivity index is 3.16. The molecular weight excluding hydrogens is 114 g/mol. The van der Waals surface area contributed by atoms with Gasteiger partial charge >= 0.3 is 0 Å². The fraction of sp³-hybridized carbons (Fsp3) is 0.857. The van der Waals surface area contributed by atoms with E-state index in [1.165, 1.54) is 13.8 Å². The van der Waals surface area contributed by atoms with Crippen LogP contribution in [-0.2, 0) is 4.79 Å². The van der Waals surface area contributed by atoms with Gasteiger partial charge in [-0.15, -0.1) is 0 Å². The maximum Gasteiger partial charge on any atom is 0.223 e. The first-order chi connectivity index (χ1) is 6.00. The second-order valence-corrected chi connectivity index (χ2v) is 2.69. The molecule has 0 aromatic rings. The molecule has 2 heteroatoms. The number of nitrogens with one attached hydrogen (secondary N) is 1. The molecule has 1 rings (SSSR count). The molecule has 1 fully saturated rings. The smallest absolute Gasteiger partial charge is 0.223 e. The van der Waals surface area contributed by atoms with Gasteiger partial charge in [-0.25, -0.2) is 0 Å². The molecule has 0 aliphatic carbocycles. The van der Waals surface area contributed by atoms with Crippen molar-refractivity contribution in [1.29, 1.82) is 0 Å². The van der Waals surface area contributed by atoms with Gasteiger partial charge in [-0.1, -0.05) is 6.85 Å². The van der Waals surface area contributed by atoms with Gasteiger partial charge in [-0.2, -0.15) is 0 Å². The lowest BCUT2D eigenvalue weighted by Gasteiger charge is -2.15. The summed E-state index contributed by atoms with van der Waals surface area (Å²) in [6.07, 6.45) is -2.06. The van der Waals surface area contributed by atoms with E-state index in [2.05, 4.69) is 5.32 Å².